The zero-order valence-corrected chi connectivity index (χ0v) is 14.2. The summed E-state index contributed by atoms with van der Waals surface area (Å²) in [4.78, 5) is 16.0. The number of carbonyl (C=O) groups is 1. The summed E-state index contributed by atoms with van der Waals surface area (Å²) in [5.74, 6) is -0.312. The molecule has 0 aliphatic rings. The molecular formula is C18H11Cl2FN2O2. The number of rotatable bonds is 4. The van der Waals surface area contributed by atoms with E-state index in [4.69, 9.17) is 27.9 Å². The van der Waals surface area contributed by atoms with E-state index in [0.29, 0.717) is 27.0 Å². The van der Waals surface area contributed by atoms with E-state index in [1.54, 1.807) is 42.5 Å². The van der Waals surface area contributed by atoms with Crippen molar-refractivity contribution in [2.24, 2.45) is 0 Å². The van der Waals surface area contributed by atoms with Crippen molar-refractivity contribution < 1.29 is 13.9 Å². The lowest BCUT2D eigenvalue weighted by Crippen LogP contribution is -2.11. The number of pyridine rings is 1. The summed E-state index contributed by atoms with van der Waals surface area (Å²) in [6.07, 6.45) is 2.44. The van der Waals surface area contributed by atoms with E-state index in [0.717, 1.165) is 6.20 Å². The molecule has 1 heterocycles. The minimum Gasteiger partial charge on any atom is -0.456 e. The number of benzene rings is 2. The highest BCUT2D eigenvalue weighted by atomic mass is 35.5. The molecule has 3 rings (SSSR count). The molecule has 2 aromatic carbocycles. The van der Waals surface area contributed by atoms with E-state index in [-0.39, 0.29) is 11.7 Å². The van der Waals surface area contributed by atoms with Crippen LogP contribution in [0.4, 0.5) is 10.1 Å². The Hall–Kier alpha value is -2.63. The van der Waals surface area contributed by atoms with Crippen LogP contribution >= 0.6 is 23.2 Å². The molecule has 0 atom stereocenters. The summed E-state index contributed by atoms with van der Waals surface area (Å²) in [6.45, 7) is 0. The van der Waals surface area contributed by atoms with E-state index in [2.05, 4.69) is 10.3 Å². The van der Waals surface area contributed by atoms with E-state index in [1.807, 2.05) is 0 Å². The Labute approximate surface area is 153 Å². The van der Waals surface area contributed by atoms with Gasteiger partial charge in [-0.1, -0.05) is 29.3 Å². The van der Waals surface area contributed by atoms with Gasteiger partial charge in [-0.2, -0.15) is 0 Å². The van der Waals surface area contributed by atoms with Crippen molar-refractivity contribution in [2.75, 3.05) is 5.32 Å². The largest absolute Gasteiger partial charge is 0.456 e. The fourth-order valence-electron chi connectivity index (χ4n) is 2.11. The van der Waals surface area contributed by atoms with E-state index in [9.17, 15) is 9.18 Å². The topological polar surface area (TPSA) is 51.2 Å². The van der Waals surface area contributed by atoms with Crippen LogP contribution in [-0.4, -0.2) is 10.9 Å². The van der Waals surface area contributed by atoms with Crippen LogP contribution in [0.1, 0.15) is 10.4 Å². The monoisotopic (exact) mass is 376 g/mol. The van der Waals surface area contributed by atoms with Crippen LogP contribution in [-0.2, 0) is 0 Å². The molecule has 7 heteroatoms. The van der Waals surface area contributed by atoms with E-state index >= 15 is 0 Å². The highest BCUT2D eigenvalue weighted by molar-refractivity contribution is 6.31. The maximum atomic E-state index is 13.2. The van der Waals surface area contributed by atoms with Crippen LogP contribution in [0.25, 0.3) is 0 Å². The van der Waals surface area contributed by atoms with Crippen molar-refractivity contribution in [3.63, 3.8) is 0 Å². The molecule has 0 saturated carbocycles. The molecule has 0 saturated heterocycles. The van der Waals surface area contributed by atoms with Gasteiger partial charge in [0.2, 0.25) is 0 Å². The normalized spacial score (nSPS) is 10.4. The maximum Gasteiger partial charge on any atom is 0.255 e. The van der Waals surface area contributed by atoms with Gasteiger partial charge in [-0.15, -0.1) is 0 Å². The number of hydrogen-bond donors (Lipinski definition) is 1. The second-order valence-electron chi connectivity index (χ2n) is 5.08. The van der Waals surface area contributed by atoms with Crippen LogP contribution in [0.3, 0.4) is 0 Å². The molecule has 126 valence electrons. The van der Waals surface area contributed by atoms with Gasteiger partial charge in [0, 0.05) is 33.4 Å². The maximum absolute atomic E-state index is 13.2. The Bertz CT molecular complexity index is 934. The first-order valence-electron chi connectivity index (χ1n) is 7.15. The van der Waals surface area contributed by atoms with Crippen molar-refractivity contribution in [1.29, 1.82) is 0 Å². The Morgan fingerprint density at radius 1 is 1.00 bits per heavy atom. The van der Waals surface area contributed by atoms with Gasteiger partial charge in [0.15, 0.2) is 0 Å². The smallest absolute Gasteiger partial charge is 0.255 e. The minimum absolute atomic E-state index is 0.217. The van der Waals surface area contributed by atoms with E-state index in [1.165, 1.54) is 12.3 Å². The highest BCUT2D eigenvalue weighted by Crippen LogP contribution is 2.28. The molecule has 25 heavy (non-hydrogen) atoms. The molecule has 0 bridgehead atoms. The number of aromatic nitrogens is 1. The van der Waals surface area contributed by atoms with Gasteiger partial charge in [-0.25, -0.2) is 4.39 Å². The summed E-state index contributed by atoms with van der Waals surface area (Å²) in [5.41, 5.74) is 0.834. The average molecular weight is 377 g/mol. The van der Waals surface area contributed by atoms with Gasteiger partial charge in [-0.3, -0.25) is 9.78 Å². The number of hydrogen-bond acceptors (Lipinski definition) is 3. The zero-order valence-electron chi connectivity index (χ0n) is 12.7. The standard InChI is InChI=1S/C18H11Cl2FN2O2/c19-12-3-1-2-11(4-12)18(24)23-15-5-13(20)6-16(8-15)25-17-7-14(21)9-22-10-17/h1-10H,(H,23,24). The van der Waals surface area contributed by atoms with Crippen molar-refractivity contribution in [2.45, 2.75) is 0 Å². The first-order chi connectivity index (χ1) is 12.0. The molecule has 3 aromatic rings. The average Bonchev–Trinajstić information content (AvgIpc) is 2.54. The fraction of sp³-hybridized carbons (Fsp3) is 0. The molecule has 0 aliphatic heterocycles. The quantitative estimate of drug-likeness (QED) is 0.647. The summed E-state index contributed by atoms with van der Waals surface area (Å²) in [5, 5.41) is 3.52. The Morgan fingerprint density at radius 2 is 1.84 bits per heavy atom. The lowest BCUT2D eigenvalue weighted by Gasteiger charge is -2.10. The summed E-state index contributed by atoms with van der Waals surface area (Å²) >= 11 is 11.9. The molecule has 1 N–H and O–H groups in total. The summed E-state index contributed by atoms with van der Waals surface area (Å²) < 4.78 is 18.7. The minimum atomic E-state index is -0.519. The van der Waals surface area contributed by atoms with Crippen LogP contribution in [0.2, 0.25) is 10.0 Å². The van der Waals surface area contributed by atoms with Gasteiger partial charge < -0.3 is 10.1 Å². The number of halogens is 3. The van der Waals surface area contributed by atoms with Gasteiger partial charge in [-0.05, 0) is 30.3 Å². The number of nitrogens with one attached hydrogen (secondary N) is 1. The lowest BCUT2D eigenvalue weighted by molar-refractivity contribution is 0.102. The Balaban J connectivity index is 1.80. The first-order valence-corrected chi connectivity index (χ1v) is 7.91. The van der Waals surface area contributed by atoms with Gasteiger partial charge >= 0.3 is 0 Å². The number of amides is 1. The first kappa shape index (κ1) is 17.2. The molecule has 4 nitrogen and oxygen atoms in total. The fourth-order valence-corrected chi connectivity index (χ4v) is 2.53. The van der Waals surface area contributed by atoms with Gasteiger partial charge in [0.25, 0.3) is 5.91 Å². The predicted molar refractivity (Wildman–Crippen MR) is 95.1 cm³/mol. The predicted octanol–water partition coefficient (Wildman–Crippen LogP) is 5.57. The number of carbonyl (C=O) groups excluding carboxylic acids is 1. The molecule has 0 fully saturated rings. The molecule has 0 unspecified atom stereocenters. The van der Waals surface area contributed by atoms with E-state index < -0.39 is 5.82 Å². The lowest BCUT2D eigenvalue weighted by atomic mass is 10.2. The molecule has 0 radical (unpaired) electrons. The van der Waals surface area contributed by atoms with Crippen molar-refractivity contribution in [1.82, 2.24) is 4.98 Å². The SMILES string of the molecule is O=C(Nc1cc(Cl)cc(Oc2cncc(F)c2)c1)c1cccc(Cl)c1. The van der Waals surface area contributed by atoms with Crippen molar-refractivity contribution >= 4 is 34.8 Å². The van der Waals surface area contributed by atoms with Crippen molar-refractivity contribution in [3.05, 3.63) is 82.4 Å². The number of nitrogens with zero attached hydrogens (tertiary/aromatic N) is 1. The third kappa shape index (κ3) is 4.68. The van der Waals surface area contributed by atoms with Crippen LogP contribution in [0.5, 0.6) is 11.5 Å². The molecule has 1 amide bonds. The Kier molecular flexibility index (Phi) is 5.16. The molecule has 1 aromatic heterocycles. The highest BCUT2D eigenvalue weighted by Gasteiger charge is 2.09. The second-order valence-corrected chi connectivity index (χ2v) is 5.95. The third-order valence-electron chi connectivity index (χ3n) is 3.13. The summed E-state index contributed by atoms with van der Waals surface area (Å²) in [7, 11) is 0. The number of ether oxygens (including phenoxy) is 1. The van der Waals surface area contributed by atoms with Crippen LogP contribution in [0.15, 0.2) is 60.9 Å². The summed E-state index contributed by atoms with van der Waals surface area (Å²) in [6, 6.07) is 12.4. The molecule has 0 aliphatic carbocycles. The second kappa shape index (κ2) is 7.51. The number of anilines is 1. The molecular weight excluding hydrogens is 366 g/mol. The zero-order chi connectivity index (χ0) is 17.8. The van der Waals surface area contributed by atoms with Crippen LogP contribution < -0.4 is 10.1 Å². The van der Waals surface area contributed by atoms with Crippen LogP contribution in [0, 0.1) is 5.82 Å². The van der Waals surface area contributed by atoms with Gasteiger partial charge in [0.1, 0.15) is 17.3 Å². The molecule has 0 spiro atoms. The van der Waals surface area contributed by atoms with Gasteiger partial charge in [0.05, 0.1) is 12.4 Å². The third-order valence-corrected chi connectivity index (χ3v) is 3.58. The van der Waals surface area contributed by atoms with Crippen molar-refractivity contribution in [3.8, 4) is 11.5 Å². The Morgan fingerprint density at radius 3 is 2.60 bits per heavy atom.